The molecule has 0 saturated carbocycles. The normalized spacial score (nSPS) is 14.2. The zero-order chi connectivity index (χ0) is 17.9. The summed E-state index contributed by atoms with van der Waals surface area (Å²) in [5.41, 5.74) is 0.828. The molecule has 0 aromatic carbocycles. The van der Waals surface area contributed by atoms with Gasteiger partial charge in [0.25, 0.3) is 0 Å². The predicted molar refractivity (Wildman–Crippen MR) is 78.8 cm³/mol. The lowest BCUT2D eigenvalue weighted by Crippen LogP contribution is -2.69. The molecular formula is C14H26N2O6. The van der Waals surface area contributed by atoms with Crippen LogP contribution in [0.25, 0.3) is 0 Å². The summed E-state index contributed by atoms with van der Waals surface area (Å²) in [5, 5.41) is 11.8. The highest BCUT2D eigenvalue weighted by Crippen LogP contribution is 2.20. The van der Waals surface area contributed by atoms with E-state index in [4.69, 9.17) is 15.2 Å². The molecule has 22 heavy (non-hydrogen) atoms. The van der Waals surface area contributed by atoms with Crippen LogP contribution in [0.5, 0.6) is 0 Å². The van der Waals surface area contributed by atoms with Crippen LogP contribution in [0.4, 0.5) is 0 Å². The SMILES string of the molecule is CC(N)NC(C(=O)O)(C(=O)OC(C)(C)C)C(=O)OC(C)(C)C. The summed E-state index contributed by atoms with van der Waals surface area (Å²) >= 11 is 0. The molecule has 0 heterocycles. The molecule has 0 aromatic rings. The number of hydrogen-bond donors (Lipinski definition) is 3. The van der Waals surface area contributed by atoms with Gasteiger partial charge in [-0.25, -0.2) is 14.4 Å². The average molecular weight is 318 g/mol. The number of carboxylic acid groups (broad SMARTS) is 1. The van der Waals surface area contributed by atoms with Crippen molar-refractivity contribution < 1.29 is 29.0 Å². The summed E-state index contributed by atoms with van der Waals surface area (Å²) in [4.78, 5) is 36.4. The van der Waals surface area contributed by atoms with Crippen LogP contribution in [0.15, 0.2) is 0 Å². The van der Waals surface area contributed by atoms with E-state index >= 15 is 0 Å². The molecule has 0 saturated heterocycles. The smallest absolute Gasteiger partial charge is 0.350 e. The van der Waals surface area contributed by atoms with Crippen molar-refractivity contribution in [1.82, 2.24) is 5.32 Å². The van der Waals surface area contributed by atoms with Crippen molar-refractivity contribution in [2.24, 2.45) is 5.73 Å². The van der Waals surface area contributed by atoms with Crippen molar-refractivity contribution in [2.75, 3.05) is 0 Å². The van der Waals surface area contributed by atoms with Gasteiger partial charge in [0.15, 0.2) is 0 Å². The van der Waals surface area contributed by atoms with Crippen LogP contribution in [0, 0.1) is 0 Å². The summed E-state index contributed by atoms with van der Waals surface area (Å²) in [7, 11) is 0. The Hall–Kier alpha value is -1.67. The molecule has 0 aliphatic heterocycles. The fourth-order valence-electron chi connectivity index (χ4n) is 1.49. The van der Waals surface area contributed by atoms with Gasteiger partial charge < -0.3 is 20.3 Å². The number of esters is 2. The molecule has 4 N–H and O–H groups in total. The van der Waals surface area contributed by atoms with Gasteiger partial charge in [0.05, 0.1) is 6.17 Å². The minimum absolute atomic E-state index is 0.962. The molecule has 1 atom stereocenters. The van der Waals surface area contributed by atoms with Crippen molar-refractivity contribution in [3.8, 4) is 0 Å². The van der Waals surface area contributed by atoms with Crippen molar-refractivity contribution in [3.63, 3.8) is 0 Å². The van der Waals surface area contributed by atoms with Crippen LogP contribution in [0.2, 0.25) is 0 Å². The van der Waals surface area contributed by atoms with Crippen LogP contribution < -0.4 is 11.1 Å². The van der Waals surface area contributed by atoms with Crippen molar-refractivity contribution >= 4 is 17.9 Å². The first kappa shape index (κ1) is 20.3. The topological polar surface area (TPSA) is 128 Å². The van der Waals surface area contributed by atoms with Gasteiger partial charge >= 0.3 is 23.4 Å². The Balaban J connectivity index is 5.87. The zero-order valence-electron chi connectivity index (χ0n) is 14.1. The van der Waals surface area contributed by atoms with Crippen LogP contribution in [-0.4, -0.2) is 45.9 Å². The molecule has 0 amide bonds. The van der Waals surface area contributed by atoms with Gasteiger partial charge in [0.1, 0.15) is 11.2 Å². The zero-order valence-corrected chi connectivity index (χ0v) is 14.1. The van der Waals surface area contributed by atoms with E-state index in [0.717, 1.165) is 0 Å². The van der Waals surface area contributed by atoms with E-state index in [1.54, 1.807) is 41.5 Å². The van der Waals surface area contributed by atoms with Gasteiger partial charge in [-0.3, -0.25) is 5.32 Å². The fraction of sp³-hybridized carbons (Fsp3) is 0.786. The Morgan fingerprint density at radius 3 is 1.45 bits per heavy atom. The van der Waals surface area contributed by atoms with E-state index in [9.17, 15) is 19.5 Å². The van der Waals surface area contributed by atoms with Crippen LogP contribution in [0.1, 0.15) is 48.5 Å². The van der Waals surface area contributed by atoms with Crippen LogP contribution in [0.3, 0.4) is 0 Å². The highest BCUT2D eigenvalue weighted by atomic mass is 16.6. The van der Waals surface area contributed by atoms with Gasteiger partial charge in [0, 0.05) is 0 Å². The molecule has 0 aliphatic carbocycles. The van der Waals surface area contributed by atoms with Gasteiger partial charge in [-0.15, -0.1) is 0 Å². The third-order valence-corrected chi connectivity index (χ3v) is 2.18. The maximum Gasteiger partial charge on any atom is 0.350 e. The number of aliphatic carboxylic acids is 1. The Morgan fingerprint density at radius 2 is 1.27 bits per heavy atom. The standard InChI is InChI=1S/C14H26N2O6/c1-8(15)16-14(9(17)18,10(19)21-12(2,3)4)11(20)22-13(5,6)7/h8,16H,15H2,1-7H3,(H,17,18). The first-order valence-corrected chi connectivity index (χ1v) is 6.85. The number of carboxylic acids is 1. The highest BCUT2D eigenvalue weighted by molar-refractivity contribution is 6.23. The maximum atomic E-state index is 12.4. The van der Waals surface area contributed by atoms with Crippen molar-refractivity contribution in [3.05, 3.63) is 0 Å². The van der Waals surface area contributed by atoms with Crippen LogP contribution in [-0.2, 0) is 23.9 Å². The molecule has 8 heteroatoms. The quantitative estimate of drug-likeness (QED) is 0.377. The molecular weight excluding hydrogens is 292 g/mol. The lowest BCUT2D eigenvalue weighted by Gasteiger charge is -2.33. The van der Waals surface area contributed by atoms with Crippen LogP contribution >= 0.6 is 0 Å². The number of nitrogens with one attached hydrogen (secondary N) is 1. The Morgan fingerprint density at radius 1 is 0.955 bits per heavy atom. The number of hydrogen-bond acceptors (Lipinski definition) is 7. The van der Waals surface area contributed by atoms with E-state index in [0.29, 0.717) is 0 Å². The molecule has 128 valence electrons. The fourth-order valence-corrected chi connectivity index (χ4v) is 1.49. The lowest BCUT2D eigenvalue weighted by atomic mass is 9.98. The van der Waals surface area contributed by atoms with E-state index in [2.05, 4.69) is 5.32 Å². The summed E-state index contributed by atoms with van der Waals surface area (Å²) < 4.78 is 10.1. The Bertz CT molecular complexity index is 417. The minimum Gasteiger partial charge on any atom is -0.479 e. The number of rotatable bonds is 5. The molecule has 0 fully saturated rings. The molecule has 0 radical (unpaired) electrons. The van der Waals surface area contributed by atoms with E-state index in [1.807, 2.05) is 0 Å². The second kappa shape index (κ2) is 6.62. The monoisotopic (exact) mass is 318 g/mol. The predicted octanol–water partition coefficient (Wildman–Crippen LogP) is 0.388. The Labute approximate surface area is 130 Å². The van der Waals surface area contributed by atoms with Crippen molar-refractivity contribution in [1.29, 1.82) is 0 Å². The maximum absolute atomic E-state index is 12.4. The summed E-state index contributed by atoms with van der Waals surface area (Å²) in [6, 6.07) is 0. The first-order valence-electron chi connectivity index (χ1n) is 6.85. The Kier molecular flexibility index (Phi) is 6.11. The van der Waals surface area contributed by atoms with Gasteiger partial charge in [-0.05, 0) is 48.5 Å². The molecule has 0 bridgehead atoms. The molecule has 0 spiro atoms. The average Bonchev–Trinajstić information content (AvgIpc) is 2.19. The number of ether oxygens (including phenoxy) is 2. The largest absolute Gasteiger partial charge is 0.479 e. The molecule has 0 aliphatic rings. The summed E-state index contributed by atoms with van der Waals surface area (Å²) in [6.45, 7) is 10.7. The van der Waals surface area contributed by atoms with E-state index in [1.165, 1.54) is 6.92 Å². The van der Waals surface area contributed by atoms with E-state index in [-0.39, 0.29) is 0 Å². The molecule has 0 aromatic heterocycles. The second-order valence-corrected chi connectivity index (χ2v) is 6.99. The molecule has 0 rings (SSSR count). The van der Waals surface area contributed by atoms with Gasteiger partial charge in [-0.2, -0.15) is 0 Å². The summed E-state index contributed by atoms with van der Waals surface area (Å²) in [5.74, 6) is -4.30. The molecule has 8 nitrogen and oxygen atoms in total. The third-order valence-electron chi connectivity index (χ3n) is 2.18. The van der Waals surface area contributed by atoms with E-state index < -0.39 is 40.8 Å². The third kappa shape index (κ3) is 5.61. The summed E-state index contributed by atoms with van der Waals surface area (Å²) in [6.07, 6.45) is -0.962. The minimum atomic E-state index is -2.73. The van der Waals surface area contributed by atoms with Crippen molar-refractivity contribution in [2.45, 2.75) is 71.4 Å². The number of carbonyl (C=O) groups is 3. The van der Waals surface area contributed by atoms with Gasteiger partial charge in [-0.1, -0.05) is 0 Å². The highest BCUT2D eigenvalue weighted by Gasteiger charge is 2.58. The first-order chi connectivity index (χ1) is 9.62. The molecule has 1 unspecified atom stereocenters. The number of nitrogens with two attached hydrogens (primary N) is 1. The van der Waals surface area contributed by atoms with Gasteiger partial charge in [0.2, 0.25) is 0 Å². The lowest BCUT2D eigenvalue weighted by molar-refractivity contribution is -0.185. The number of carbonyl (C=O) groups excluding carboxylic acids is 2. The second-order valence-electron chi connectivity index (χ2n) is 6.99.